The molecule has 94 valence electrons. The van der Waals surface area contributed by atoms with E-state index in [4.69, 9.17) is 0 Å². The Labute approximate surface area is 125 Å². The Morgan fingerprint density at radius 3 is 2.00 bits per heavy atom. The first-order valence-corrected chi connectivity index (χ1v) is 9.14. The predicted octanol–water partition coefficient (Wildman–Crippen LogP) is 4.15. The van der Waals surface area contributed by atoms with Crippen LogP contribution in [0.25, 0.3) is 0 Å². The van der Waals surface area contributed by atoms with Gasteiger partial charge in [0.2, 0.25) is 0 Å². The van der Waals surface area contributed by atoms with Crippen molar-refractivity contribution in [2.75, 3.05) is 0 Å². The van der Waals surface area contributed by atoms with Gasteiger partial charge in [0.25, 0.3) is 0 Å². The Hall–Kier alpha value is 0.0600. The van der Waals surface area contributed by atoms with E-state index in [2.05, 4.69) is 52.0 Å². The predicted molar refractivity (Wildman–Crippen MR) is 75.5 cm³/mol. The maximum atomic E-state index is 3.29. The molecule has 17 heavy (non-hydrogen) atoms. The van der Waals surface area contributed by atoms with E-state index in [1.807, 2.05) is 12.2 Å². The SMILES string of the molecule is CC1=[C-]C(C)C=C1C.[C-]1=CC=CC1.[CH3-].[CH3-].[Si]=[Zr]. The average molecular weight is 322 g/mol. The van der Waals surface area contributed by atoms with E-state index in [-0.39, 0.29) is 14.9 Å². The van der Waals surface area contributed by atoms with Crippen molar-refractivity contribution in [1.82, 2.24) is 0 Å². The summed E-state index contributed by atoms with van der Waals surface area (Å²) in [6.45, 7) is 9.45. The van der Waals surface area contributed by atoms with Gasteiger partial charge in [0.15, 0.2) is 0 Å². The molecule has 0 saturated heterocycles. The number of hydrogen-bond acceptors (Lipinski definition) is 0. The molecule has 0 aromatic heterocycles. The average Bonchev–Trinajstić information content (AvgIpc) is 2.85. The summed E-state index contributed by atoms with van der Waals surface area (Å²) in [5, 5.41) is 0. The maximum absolute atomic E-state index is 3.29. The first-order valence-electron chi connectivity index (χ1n) is 4.96. The summed E-state index contributed by atoms with van der Waals surface area (Å²) in [6.07, 6.45) is 15.5. The molecule has 2 aliphatic carbocycles. The molecule has 2 heteroatoms. The summed E-state index contributed by atoms with van der Waals surface area (Å²) in [4.78, 5) is 0. The van der Waals surface area contributed by atoms with Gasteiger partial charge in [0.05, 0.1) is 0 Å². The third kappa shape index (κ3) is 10.9. The molecule has 2 aliphatic rings. The Morgan fingerprint density at radius 1 is 1.29 bits per heavy atom. The van der Waals surface area contributed by atoms with Crippen molar-refractivity contribution in [2.24, 2.45) is 5.92 Å². The van der Waals surface area contributed by atoms with E-state index >= 15 is 0 Å². The number of hydrogen-bond donors (Lipinski definition) is 0. The quantitative estimate of drug-likeness (QED) is 0.464. The molecule has 0 heterocycles. The fourth-order valence-electron chi connectivity index (χ4n) is 1.34. The van der Waals surface area contributed by atoms with Crippen LogP contribution in [0.4, 0.5) is 0 Å². The van der Waals surface area contributed by atoms with E-state index in [1.165, 1.54) is 34.5 Å². The van der Waals surface area contributed by atoms with Crippen molar-refractivity contribution >= 4 is 6.88 Å². The summed E-state index contributed by atoms with van der Waals surface area (Å²) in [7, 11) is 0. The second kappa shape index (κ2) is 14.1. The molecule has 0 saturated carbocycles. The molecule has 0 aliphatic heterocycles. The molecule has 1 unspecified atom stereocenters. The molecule has 0 N–H and O–H groups in total. The zero-order valence-electron chi connectivity index (χ0n) is 11.6. The molecular weight excluding hydrogens is 299 g/mol. The van der Waals surface area contributed by atoms with Crippen molar-refractivity contribution < 1.29 is 23.3 Å². The van der Waals surface area contributed by atoms with Crippen molar-refractivity contribution in [3.8, 4) is 0 Å². The zero-order valence-corrected chi connectivity index (χ0v) is 15.1. The van der Waals surface area contributed by atoms with Crippen LogP contribution in [0.2, 0.25) is 0 Å². The van der Waals surface area contributed by atoms with E-state index in [0.29, 0.717) is 5.92 Å². The molecular formula is C15H22SiZr-4. The van der Waals surface area contributed by atoms with Crippen molar-refractivity contribution in [1.29, 1.82) is 0 Å². The van der Waals surface area contributed by atoms with E-state index in [0.717, 1.165) is 6.42 Å². The van der Waals surface area contributed by atoms with Gasteiger partial charge >= 0.3 is 30.2 Å². The fourth-order valence-corrected chi connectivity index (χ4v) is 1.34. The van der Waals surface area contributed by atoms with Gasteiger partial charge in [-0.3, -0.25) is 12.2 Å². The minimum atomic E-state index is 0. The van der Waals surface area contributed by atoms with Crippen LogP contribution in [0.15, 0.2) is 35.5 Å². The molecule has 0 fully saturated rings. The minimum absolute atomic E-state index is 0. The van der Waals surface area contributed by atoms with Crippen molar-refractivity contribution in [2.45, 2.75) is 27.2 Å². The second-order valence-electron chi connectivity index (χ2n) is 3.41. The van der Waals surface area contributed by atoms with Crippen LogP contribution in [0.3, 0.4) is 0 Å². The topological polar surface area (TPSA) is 0 Å². The Balaban J connectivity index is -0.000000192. The second-order valence-corrected chi connectivity index (χ2v) is 3.41. The Bertz CT molecular complexity index is 270. The summed E-state index contributed by atoms with van der Waals surface area (Å²) in [5.41, 5.74) is 2.70. The molecule has 2 radical (unpaired) electrons. The molecule has 2 rings (SSSR count). The van der Waals surface area contributed by atoms with Crippen LogP contribution in [-0.2, 0) is 23.3 Å². The summed E-state index contributed by atoms with van der Waals surface area (Å²) in [5.74, 6) is 0.551. The van der Waals surface area contributed by atoms with Crippen molar-refractivity contribution in [3.05, 3.63) is 62.5 Å². The summed E-state index contributed by atoms with van der Waals surface area (Å²) in [6, 6.07) is 0. The van der Waals surface area contributed by atoms with Crippen molar-refractivity contribution in [3.63, 3.8) is 0 Å². The zero-order chi connectivity index (χ0) is 11.7. The Morgan fingerprint density at radius 2 is 1.88 bits per heavy atom. The van der Waals surface area contributed by atoms with Gasteiger partial charge < -0.3 is 14.9 Å². The van der Waals surface area contributed by atoms with Gasteiger partial charge in [-0.1, -0.05) is 19.8 Å². The first kappa shape index (κ1) is 22.3. The molecule has 0 amide bonds. The van der Waals surface area contributed by atoms with Crippen LogP contribution in [-0.4, -0.2) is 6.88 Å². The van der Waals surface area contributed by atoms with Gasteiger partial charge in [-0.15, -0.1) is 13.3 Å². The van der Waals surface area contributed by atoms with Crippen LogP contribution < -0.4 is 0 Å². The fraction of sp³-hybridized carbons (Fsp3) is 0.333. The molecule has 0 nitrogen and oxygen atoms in total. The number of rotatable bonds is 0. The Kier molecular flexibility index (Phi) is 18.5. The van der Waals surface area contributed by atoms with Crippen LogP contribution in [0.5, 0.6) is 0 Å². The standard InChI is InChI=1S/C8H11.C5H5.2CH3.Si.Zr/c1-6-4-7(2)8(3)5-6;1-2-4-5-3-1;;;;/h4,6H,1-3H3;1-3H,4H2;2*1H3;;/q4*-1;;. The van der Waals surface area contributed by atoms with Gasteiger partial charge in [0.1, 0.15) is 0 Å². The van der Waals surface area contributed by atoms with Gasteiger partial charge in [0, 0.05) is 0 Å². The molecule has 0 aromatic rings. The summed E-state index contributed by atoms with van der Waals surface area (Å²) >= 11 is 1.36. The normalized spacial score (nSPS) is 18.4. The first-order chi connectivity index (χ1) is 7.20. The molecule has 0 aromatic carbocycles. The third-order valence-corrected chi connectivity index (χ3v) is 2.12. The molecule has 0 bridgehead atoms. The summed E-state index contributed by atoms with van der Waals surface area (Å²) < 4.78 is 0. The number of allylic oxidation sites excluding steroid dienone is 8. The van der Waals surface area contributed by atoms with Gasteiger partial charge in [-0.25, -0.2) is 23.3 Å². The van der Waals surface area contributed by atoms with Gasteiger partial charge in [-0.05, 0) is 0 Å². The third-order valence-electron chi connectivity index (χ3n) is 2.12. The van der Waals surface area contributed by atoms with Crippen LogP contribution in [0, 0.1) is 32.9 Å². The van der Waals surface area contributed by atoms with E-state index < -0.39 is 0 Å². The van der Waals surface area contributed by atoms with Gasteiger partial charge in [-0.2, -0.15) is 12.2 Å². The molecule has 1 atom stereocenters. The monoisotopic (exact) mass is 320 g/mol. The molecule has 0 spiro atoms. The van der Waals surface area contributed by atoms with Crippen LogP contribution in [0.1, 0.15) is 27.2 Å². The van der Waals surface area contributed by atoms with E-state index in [9.17, 15) is 0 Å². The van der Waals surface area contributed by atoms with E-state index in [1.54, 1.807) is 0 Å². The van der Waals surface area contributed by atoms with Crippen LogP contribution >= 0.6 is 0 Å².